The van der Waals surface area contributed by atoms with Crippen LogP contribution < -0.4 is 10.0 Å². The minimum atomic E-state index is -4.07. The molecule has 3 N–H and O–H groups in total. The highest BCUT2D eigenvalue weighted by Crippen LogP contribution is 2.30. The monoisotopic (exact) mass is 566 g/mol. The van der Waals surface area contributed by atoms with Gasteiger partial charge in [-0.15, -0.1) is 0 Å². The molecular formula is C32H26N2O6S. The molecule has 0 aliphatic heterocycles. The summed E-state index contributed by atoms with van der Waals surface area (Å²) in [7, 11) is -4.07. The fourth-order valence-corrected chi connectivity index (χ4v) is 6.53. The maximum Gasteiger partial charge on any atom is 0.322 e. The van der Waals surface area contributed by atoms with Crippen LogP contribution in [-0.2, 0) is 27.7 Å². The number of aliphatic carboxylic acids is 1. The number of carbonyl (C=O) groups excluding carboxylic acids is 1. The normalized spacial score (nSPS) is 14.0. The van der Waals surface area contributed by atoms with Gasteiger partial charge in [0.25, 0.3) is 5.91 Å². The van der Waals surface area contributed by atoms with Crippen molar-refractivity contribution in [2.24, 2.45) is 5.92 Å². The van der Waals surface area contributed by atoms with E-state index in [4.69, 9.17) is 4.42 Å². The molecule has 1 aliphatic rings. The smallest absolute Gasteiger partial charge is 0.322 e. The Morgan fingerprint density at radius 1 is 0.805 bits per heavy atom. The molecule has 8 nitrogen and oxygen atoms in total. The van der Waals surface area contributed by atoms with E-state index < -0.39 is 22.0 Å². The third kappa shape index (κ3) is 5.50. The van der Waals surface area contributed by atoms with Gasteiger partial charge in [0.05, 0.1) is 4.90 Å². The summed E-state index contributed by atoms with van der Waals surface area (Å²) in [4.78, 5) is 24.7. The molecule has 1 heterocycles. The summed E-state index contributed by atoms with van der Waals surface area (Å²) in [5, 5.41) is 13.5. The van der Waals surface area contributed by atoms with Crippen LogP contribution in [0.4, 0.5) is 5.69 Å². The zero-order valence-electron chi connectivity index (χ0n) is 21.8. The predicted molar refractivity (Wildman–Crippen MR) is 155 cm³/mol. The largest absolute Gasteiger partial charge is 0.480 e. The van der Waals surface area contributed by atoms with Crippen molar-refractivity contribution in [2.75, 3.05) is 5.32 Å². The van der Waals surface area contributed by atoms with Gasteiger partial charge in [0.1, 0.15) is 11.6 Å². The first-order chi connectivity index (χ1) is 19.8. The van der Waals surface area contributed by atoms with E-state index in [1.165, 1.54) is 12.1 Å². The number of rotatable bonds is 8. The average Bonchev–Trinajstić information content (AvgIpc) is 3.61. The zero-order valence-corrected chi connectivity index (χ0v) is 22.6. The highest BCUT2D eigenvalue weighted by molar-refractivity contribution is 7.89. The Balaban J connectivity index is 1.12. The summed E-state index contributed by atoms with van der Waals surface area (Å²) in [6, 6.07) is 28.9. The molecule has 206 valence electrons. The van der Waals surface area contributed by atoms with Gasteiger partial charge < -0.3 is 14.8 Å². The Labute approximate surface area is 236 Å². The molecule has 0 fully saturated rings. The van der Waals surface area contributed by atoms with Crippen LogP contribution in [0.1, 0.15) is 21.7 Å². The molecular weight excluding hydrogens is 540 g/mol. The lowest BCUT2D eigenvalue weighted by Gasteiger charge is -2.20. The number of nitrogens with one attached hydrogen (secondary N) is 2. The lowest BCUT2D eigenvalue weighted by molar-refractivity contribution is -0.140. The van der Waals surface area contributed by atoms with E-state index in [2.05, 4.69) is 10.0 Å². The summed E-state index contributed by atoms with van der Waals surface area (Å²) < 4.78 is 34.3. The maximum atomic E-state index is 13.1. The van der Waals surface area contributed by atoms with E-state index in [0.717, 1.165) is 27.6 Å². The van der Waals surface area contributed by atoms with Crippen molar-refractivity contribution in [2.45, 2.75) is 23.8 Å². The van der Waals surface area contributed by atoms with E-state index in [-0.39, 0.29) is 22.5 Å². The number of sulfonamides is 1. The van der Waals surface area contributed by atoms with Crippen LogP contribution in [0.3, 0.4) is 0 Å². The number of amides is 1. The van der Waals surface area contributed by atoms with Gasteiger partial charge in [0, 0.05) is 11.1 Å². The number of furan rings is 1. The molecule has 1 atom stereocenters. The molecule has 9 heteroatoms. The van der Waals surface area contributed by atoms with E-state index >= 15 is 0 Å². The molecule has 41 heavy (non-hydrogen) atoms. The fraction of sp³-hybridized carbons (Fsp3) is 0.125. The van der Waals surface area contributed by atoms with E-state index in [0.29, 0.717) is 24.1 Å². The standard InChI is InChI=1S/C32H26N2O6S/c35-31(29-19-24-7-3-4-8-28(24)40-29)33-26-13-9-20(10-14-26)21-11-15-27(16-12-21)41(38,39)34-30(32(36)37)25-17-22-5-1-2-6-23(22)18-25/h1-16,19,25,30,34H,17-18H2,(H,33,35)(H,36,37)/t30-/m0/s1. The lowest BCUT2D eigenvalue weighted by atomic mass is 9.97. The van der Waals surface area contributed by atoms with Crippen molar-refractivity contribution in [3.63, 3.8) is 0 Å². The summed E-state index contributed by atoms with van der Waals surface area (Å²) in [5.41, 5.74) is 4.89. The molecule has 0 saturated carbocycles. The number of carboxylic acid groups (broad SMARTS) is 1. The Bertz CT molecular complexity index is 1800. The molecule has 0 spiro atoms. The number of anilines is 1. The third-order valence-electron chi connectivity index (χ3n) is 7.39. The summed E-state index contributed by atoms with van der Waals surface area (Å²) in [6.07, 6.45) is 1.01. The Hall–Kier alpha value is -4.73. The first-order valence-electron chi connectivity index (χ1n) is 13.1. The van der Waals surface area contributed by atoms with Gasteiger partial charge in [-0.1, -0.05) is 66.7 Å². The molecule has 4 aromatic carbocycles. The summed E-state index contributed by atoms with van der Waals surface area (Å²) in [5.74, 6) is -1.72. The van der Waals surface area contributed by atoms with Gasteiger partial charge in [-0.25, -0.2) is 8.42 Å². The molecule has 1 amide bonds. The van der Waals surface area contributed by atoms with Gasteiger partial charge in [-0.2, -0.15) is 4.72 Å². The van der Waals surface area contributed by atoms with Crippen molar-refractivity contribution in [3.8, 4) is 11.1 Å². The van der Waals surface area contributed by atoms with Crippen molar-refractivity contribution in [3.05, 3.63) is 120 Å². The Morgan fingerprint density at radius 2 is 1.39 bits per heavy atom. The number of fused-ring (bicyclic) bond motifs is 2. The van der Waals surface area contributed by atoms with E-state index in [1.807, 2.05) is 54.6 Å². The van der Waals surface area contributed by atoms with Crippen LogP contribution in [0.2, 0.25) is 0 Å². The lowest BCUT2D eigenvalue weighted by Crippen LogP contribution is -2.46. The van der Waals surface area contributed by atoms with Gasteiger partial charge in [-0.3, -0.25) is 9.59 Å². The highest BCUT2D eigenvalue weighted by atomic mass is 32.2. The van der Waals surface area contributed by atoms with Crippen molar-refractivity contribution >= 4 is 38.6 Å². The van der Waals surface area contributed by atoms with Crippen molar-refractivity contribution in [1.29, 1.82) is 0 Å². The number of benzene rings is 4. The molecule has 0 unspecified atom stereocenters. The topological polar surface area (TPSA) is 126 Å². The third-order valence-corrected chi connectivity index (χ3v) is 8.85. The minimum absolute atomic E-state index is 0.0160. The van der Waals surface area contributed by atoms with Gasteiger partial charge in [-0.05, 0) is 77.4 Å². The van der Waals surface area contributed by atoms with Crippen molar-refractivity contribution < 1.29 is 27.5 Å². The number of hydrogen-bond acceptors (Lipinski definition) is 5. The van der Waals surface area contributed by atoms with Crippen LogP contribution >= 0.6 is 0 Å². The highest BCUT2D eigenvalue weighted by Gasteiger charge is 2.36. The molecule has 1 aromatic heterocycles. The zero-order chi connectivity index (χ0) is 28.6. The Morgan fingerprint density at radius 3 is 2.00 bits per heavy atom. The molecule has 1 aliphatic carbocycles. The molecule has 6 rings (SSSR count). The van der Waals surface area contributed by atoms with E-state index in [9.17, 15) is 23.1 Å². The number of para-hydroxylation sites is 1. The second kappa shape index (κ2) is 10.7. The second-order valence-corrected chi connectivity index (χ2v) is 11.8. The second-order valence-electron chi connectivity index (χ2n) is 10.1. The van der Waals surface area contributed by atoms with Crippen LogP contribution in [0.5, 0.6) is 0 Å². The van der Waals surface area contributed by atoms with Crippen molar-refractivity contribution in [1.82, 2.24) is 4.72 Å². The van der Waals surface area contributed by atoms with Crippen LogP contribution in [0, 0.1) is 5.92 Å². The SMILES string of the molecule is O=C(Nc1ccc(-c2ccc(S(=O)(=O)N[C@H](C(=O)O)C3Cc4ccccc4C3)cc2)cc1)c1cc2ccccc2o1. The number of carbonyl (C=O) groups is 2. The van der Waals surface area contributed by atoms with Gasteiger partial charge in [0.15, 0.2) is 5.76 Å². The maximum absolute atomic E-state index is 13.1. The van der Waals surface area contributed by atoms with Crippen LogP contribution in [0.25, 0.3) is 22.1 Å². The van der Waals surface area contributed by atoms with Crippen LogP contribution in [-0.4, -0.2) is 31.4 Å². The van der Waals surface area contributed by atoms with Crippen LogP contribution in [0.15, 0.2) is 112 Å². The Kier molecular flexibility index (Phi) is 6.90. The first-order valence-corrected chi connectivity index (χ1v) is 14.6. The minimum Gasteiger partial charge on any atom is -0.480 e. The van der Waals surface area contributed by atoms with E-state index in [1.54, 1.807) is 36.4 Å². The molecule has 0 bridgehead atoms. The molecule has 5 aromatic rings. The van der Waals surface area contributed by atoms with Gasteiger partial charge in [0.2, 0.25) is 10.0 Å². The quantitative estimate of drug-likeness (QED) is 0.228. The number of hydrogen-bond donors (Lipinski definition) is 3. The van der Waals surface area contributed by atoms with Gasteiger partial charge >= 0.3 is 5.97 Å². The fourth-order valence-electron chi connectivity index (χ4n) is 5.27. The summed E-state index contributed by atoms with van der Waals surface area (Å²) in [6.45, 7) is 0. The summed E-state index contributed by atoms with van der Waals surface area (Å²) >= 11 is 0. The number of carboxylic acids is 1. The molecule has 0 saturated heterocycles. The predicted octanol–water partition coefficient (Wildman–Crippen LogP) is 5.50. The average molecular weight is 567 g/mol. The first kappa shape index (κ1) is 26.5. The molecule has 0 radical (unpaired) electrons.